The minimum Gasteiger partial charge on any atom is -0.0776 e. The molecule has 0 amide bonds. The van der Waals surface area contributed by atoms with E-state index in [-0.39, 0.29) is 24.2 Å². The van der Waals surface area contributed by atoms with Gasteiger partial charge >= 0.3 is 0 Å². The summed E-state index contributed by atoms with van der Waals surface area (Å²) in [6.07, 6.45) is 0. The van der Waals surface area contributed by atoms with Crippen molar-refractivity contribution in [3.05, 3.63) is 340 Å². The summed E-state index contributed by atoms with van der Waals surface area (Å²) in [5.74, 6) is 0. The van der Waals surface area contributed by atoms with Crippen LogP contribution in [0.4, 0.5) is 0 Å². The standard InChI is InChI=1S/C44H28.C42H28.2CH4/c1-4-12-32-25-35(20-17-29(32)9-1)36-23-24-41-42(28-36)44(38-22-19-31-11-3-6-14-34(31)27-38)40-16-8-7-15-39(40)43(41)37-21-18-30-10-2-5-13-33(30)26-37;1-2-12-29(13-3-1)30-24-26-31(27-25-30)33-16-10-17-34(28-33)41-37-19-6-8-21-39(37)42(40-22-9-7-20-38(40)41)36-23-11-15-32-14-4-5-18-35(32)36;;/h1-28H;1-28H;2*1H4/i7D,8D,15D,16D;;2*1D. The quantitative estimate of drug-likeness (QED) is 0.140. The molecule has 17 rings (SSSR count). The molecule has 0 atom stereocenters. The Bertz CT molecular complexity index is 5660. The molecular weight excluding hydrogens is 1060 g/mol. The van der Waals surface area contributed by atoms with Crippen LogP contribution in [0.1, 0.15) is 23.0 Å². The molecule has 0 radical (unpaired) electrons. The molecule has 88 heavy (non-hydrogen) atoms. The average Bonchev–Trinajstić information content (AvgIpc) is 0.716. The second kappa shape index (κ2) is 23.4. The first kappa shape index (κ1) is 48.1. The van der Waals surface area contributed by atoms with Gasteiger partial charge in [0.05, 0.1) is 5.48 Å². The zero-order chi connectivity index (χ0) is 64.4. The Kier molecular flexibility index (Phi) is 12.8. The lowest BCUT2D eigenvalue weighted by molar-refractivity contribution is 1.59. The molecule has 0 heteroatoms. The minimum atomic E-state index is -0.232. The largest absolute Gasteiger partial charge is 0.0776 e. The van der Waals surface area contributed by atoms with Crippen LogP contribution in [0.3, 0.4) is 0 Å². The molecule has 0 bridgehead atoms. The van der Waals surface area contributed by atoms with Gasteiger partial charge in [0.15, 0.2) is 0 Å². The van der Waals surface area contributed by atoms with Gasteiger partial charge in [0.1, 0.15) is 0 Å². The Morgan fingerprint density at radius 2 is 0.500 bits per heavy atom. The zero-order valence-electron chi connectivity index (χ0n) is 55.0. The maximum Gasteiger partial charge on any atom is 0.0629 e. The van der Waals surface area contributed by atoms with Gasteiger partial charge in [0, 0.05) is 2.74 Å². The van der Waals surface area contributed by atoms with Gasteiger partial charge < -0.3 is 0 Å². The van der Waals surface area contributed by atoms with Gasteiger partial charge in [0.25, 0.3) is 0 Å². The highest BCUT2D eigenvalue weighted by Crippen LogP contribution is 2.48. The van der Waals surface area contributed by atoms with E-state index in [4.69, 9.17) is 5.48 Å². The van der Waals surface area contributed by atoms with Crippen LogP contribution < -0.4 is 0 Å². The van der Waals surface area contributed by atoms with Crippen LogP contribution in [0, 0.1) is 0 Å². The van der Waals surface area contributed by atoms with Crippen molar-refractivity contribution in [1.29, 1.82) is 0 Å². The number of rotatable bonds is 7. The SMILES string of the molecule is [2H]C.[2H]C.[2H]c1c([2H])c([2H])c2c(-c3ccc4ccccc4c3)c3cc(-c4ccc5ccccc5c4)ccc3c(-c3ccc4ccccc4c3)c2c1[2H].c1ccc(-c2ccc(-c3cccc(-c4c5ccccc5c(-c5cccc6ccccc56)c5ccccc45)c3)cc2)cc1. The van der Waals surface area contributed by atoms with Crippen molar-refractivity contribution in [2.45, 2.75) is 14.8 Å². The Labute approximate surface area is 524 Å². The number of hydrogen-bond donors (Lipinski definition) is 0. The van der Waals surface area contributed by atoms with E-state index in [0.717, 1.165) is 71.1 Å². The zero-order valence-corrected chi connectivity index (χ0v) is 49.0. The monoisotopic (exact) mass is 1130 g/mol. The summed E-state index contributed by atoms with van der Waals surface area (Å²) >= 11 is 0. The Hall–Kier alpha value is -11.2. The molecule has 0 saturated carbocycles. The molecule has 0 aliphatic heterocycles. The first-order chi connectivity index (χ1) is 46.3. The van der Waals surface area contributed by atoms with Gasteiger partial charge in [-0.2, -0.15) is 0 Å². The molecule has 0 saturated heterocycles. The molecule has 0 unspecified atom stereocenters. The van der Waals surface area contributed by atoms with E-state index in [9.17, 15) is 2.74 Å². The third-order valence-electron chi connectivity index (χ3n) is 17.4. The van der Waals surface area contributed by atoms with E-state index < -0.39 is 0 Å². The third-order valence-corrected chi connectivity index (χ3v) is 17.4. The topological polar surface area (TPSA) is 0 Å². The third kappa shape index (κ3) is 9.81. The van der Waals surface area contributed by atoms with Crippen LogP contribution in [0.5, 0.6) is 0 Å². The lowest BCUT2D eigenvalue weighted by Gasteiger charge is -2.19. The van der Waals surface area contributed by atoms with E-state index in [2.05, 4.69) is 291 Å². The molecule has 0 heterocycles. The highest BCUT2D eigenvalue weighted by molar-refractivity contribution is 6.25. The van der Waals surface area contributed by atoms with Gasteiger partial charge in [-0.05, 0) is 194 Å². The fraction of sp³-hybridized carbons (Fsp3) is 0.0227. The van der Waals surface area contributed by atoms with Crippen molar-refractivity contribution >= 4 is 86.2 Å². The first-order valence-corrected chi connectivity index (χ1v) is 29.5. The van der Waals surface area contributed by atoms with E-state index in [1.165, 1.54) is 97.0 Å². The molecule has 0 aromatic heterocycles. The Morgan fingerprint density at radius 1 is 0.182 bits per heavy atom. The maximum atomic E-state index is 9.36. The molecule has 0 spiro atoms. The minimum absolute atomic E-state index is 0.0308. The normalized spacial score (nSPS) is 12.0. The van der Waals surface area contributed by atoms with E-state index in [1.807, 2.05) is 24.3 Å². The lowest BCUT2D eigenvalue weighted by atomic mass is 9.84. The van der Waals surface area contributed by atoms with Crippen molar-refractivity contribution < 1.29 is 8.22 Å². The summed E-state index contributed by atoms with van der Waals surface area (Å²) < 4.78 is 47.7. The van der Waals surface area contributed by atoms with Gasteiger partial charge in [-0.15, -0.1) is 0 Å². The van der Waals surface area contributed by atoms with Crippen LogP contribution in [0.25, 0.3) is 164 Å². The fourth-order valence-electron chi connectivity index (χ4n) is 13.3. The second-order valence-corrected chi connectivity index (χ2v) is 22.3. The van der Waals surface area contributed by atoms with Crippen LogP contribution in [0.2, 0.25) is 0 Å². The molecule has 0 aliphatic carbocycles. The predicted octanol–water partition coefficient (Wildman–Crippen LogP) is 25.5. The van der Waals surface area contributed by atoms with Crippen LogP contribution in [-0.2, 0) is 0 Å². The second-order valence-electron chi connectivity index (χ2n) is 22.3. The van der Waals surface area contributed by atoms with E-state index in [0.29, 0.717) is 10.8 Å². The van der Waals surface area contributed by atoms with Crippen molar-refractivity contribution in [2.75, 3.05) is 0 Å². The van der Waals surface area contributed by atoms with Crippen molar-refractivity contribution in [3.63, 3.8) is 0 Å². The average molecular weight is 1130 g/mol. The Balaban J connectivity index is 0.000000156. The van der Waals surface area contributed by atoms with E-state index >= 15 is 0 Å². The summed E-state index contributed by atoms with van der Waals surface area (Å²) in [7, 11) is 2.50. The highest BCUT2D eigenvalue weighted by atomic mass is 14.2. The van der Waals surface area contributed by atoms with Gasteiger partial charge in [-0.1, -0.05) is 324 Å². The number of fused-ring (bicyclic) bond motifs is 8. The molecule has 0 N–H and O–H groups in total. The van der Waals surface area contributed by atoms with Crippen molar-refractivity contribution in [2.24, 2.45) is 0 Å². The smallest absolute Gasteiger partial charge is 0.0629 e. The molecule has 17 aromatic carbocycles. The maximum absolute atomic E-state index is 9.36. The fourth-order valence-corrected chi connectivity index (χ4v) is 13.3. The first-order valence-electron chi connectivity index (χ1n) is 33.5. The van der Waals surface area contributed by atoms with Crippen LogP contribution >= 0.6 is 0 Å². The van der Waals surface area contributed by atoms with Crippen LogP contribution in [0.15, 0.2) is 340 Å². The number of hydrogen-bond acceptors (Lipinski definition) is 0. The summed E-state index contributed by atoms with van der Waals surface area (Å²) in [5, 5.41) is 17.3. The highest BCUT2D eigenvalue weighted by Gasteiger charge is 2.21. The predicted molar refractivity (Wildman–Crippen MR) is 384 cm³/mol. The lowest BCUT2D eigenvalue weighted by Crippen LogP contribution is -1.92. The van der Waals surface area contributed by atoms with Crippen molar-refractivity contribution in [3.8, 4) is 77.9 Å². The molecule has 416 valence electrons. The summed E-state index contributed by atoms with van der Waals surface area (Å²) in [4.78, 5) is 0. The van der Waals surface area contributed by atoms with Gasteiger partial charge in [-0.3, -0.25) is 0 Å². The molecule has 0 fully saturated rings. The Morgan fingerprint density at radius 3 is 1.07 bits per heavy atom. The summed E-state index contributed by atoms with van der Waals surface area (Å²) in [5.41, 5.74) is 15.6. The van der Waals surface area contributed by atoms with Gasteiger partial charge in [0.2, 0.25) is 0 Å². The van der Waals surface area contributed by atoms with E-state index in [1.54, 1.807) is 0 Å². The number of benzene rings is 17. The molecule has 17 aromatic rings. The summed E-state index contributed by atoms with van der Waals surface area (Å²) in [6, 6.07) is 112. The van der Waals surface area contributed by atoms with Crippen LogP contribution in [-0.4, -0.2) is 0 Å². The molecular formula is C88H64. The van der Waals surface area contributed by atoms with Gasteiger partial charge in [-0.25, -0.2) is 0 Å². The molecule has 0 aliphatic rings. The summed E-state index contributed by atoms with van der Waals surface area (Å²) in [6.45, 7) is 0. The molecule has 0 nitrogen and oxygen atoms in total. The van der Waals surface area contributed by atoms with Crippen molar-refractivity contribution in [1.82, 2.24) is 0 Å².